The smallest absolute Gasteiger partial charge is 0.338 e. The van der Waals surface area contributed by atoms with Gasteiger partial charge in [-0.25, -0.2) is 14.2 Å². The summed E-state index contributed by atoms with van der Waals surface area (Å²) in [7, 11) is 0. The molecule has 1 saturated heterocycles. The van der Waals surface area contributed by atoms with Crippen LogP contribution in [-0.2, 0) is 11.2 Å². The molecule has 3 heterocycles. The van der Waals surface area contributed by atoms with Crippen molar-refractivity contribution in [2.45, 2.75) is 19.8 Å². The third kappa shape index (κ3) is 3.69. The SMILES string of the molecule is CCCc1nc2c(C(=O)O)cc(N3CCOCC3)cc2n1-c1ccnc2c(Cl)ccc(F)c12. The fourth-order valence-corrected chi connectivity index (χ4v) is 4.61. The molecule has 0 amide bonds. The summed E-state index contributed by atoms with van der Waals surface area (Å²) in [6, 6.07) is 8.09. The number of pyridine rings is 1. The van der Waals surface area contributed by atoms with Gasteiger partial charge in [-0.2, -0.15) is 0 Å². The molecule has 0 atom stereocenters. The molecule has 1 fully saturated rings. The average Bonchev–Trinajstić information content (AvgIpc) is 3.19. The van der Waals surface area contributed by atoms with E-state index in [0.717, 1.165) is 12.1 Å². The Bertz CT molecular complexity index is 1380. The standard InChI is InChI=1S/C24H22ClFN4O3/c1-2-3-20-28-22-15(24(31)32)12-14(29-8-10-33-11-9-29)13-19(22)30(20)18-6-7-27-23-16(25)4-5-17(26)21(18)23/h4-7,12-13H,2-3,8-11H2,1H3,(H,31,32). The van der Waals surface area contributed by atoms with Crippen LogP contribution in [0.4, 0.5) is 10.1 Å². The molecule has 1 aliphatic rings. The molecule has 0 spiro atoms. The van der Waals surface area contributed by atoms with Crippen LogP contribution in [0.25, 0.3) is 27.6 Å². The summed E-state index contributed by atoms with van der Waals surface area (Å²) >= 11 is 6.32. The largest absolute Gasteiger partial charge is 0.478 e. The number of rotatable bonds is 5. The van der Waals surface area contributed by atoms with Gasteiger partial charge in [-0.3, -0.25) is 9.55 Å². The van der Waals surface area contributed by atoms with Crippen LogP contribution < -0.4 is 4.90 Å². The molecule has 1 N–H and O–H groups in total. The van der Waals surface area contributed by atoms with E-state index in [9.17, 15) is 9.90 Å². The summed E-state index contributed by atoms with van der Waals surface area (Å²) in [5, 5.41) is 10.6. The number of hydrogen-bond donors (Lipinski definition) is 1. The summed E-state index contributed by atoms with van der Waals surface area (Å²) < 4.78 is 22.4. The molecule has 1 aliphatic heterocycles. The number of fused-ring (bicyclic) bond motifs is 2. The number of ether oxygens (including phenoxy) is 1. The van der Waals surface area contributed by atoms with Gasteiger partial charge in [-0.05, 0) is 36.8 Å². The monoisotopic (exact) mass is 468 g/mol. The van der Waals surface area contributed by atoms with Crippen LogP contribution in [0.15, 0.2) is 36.5 Å². The van der Waals surface area contributed by atoms with Gasteiger partial charge in [-0.1, -0.05) is 18.5 Å². The first-order valence-corrected chi connectivity index (χ1v) is 11.2. The maximum Gasteiger partial charge on any atom is 0.338 e. The number of carboxylic acids is 1. The number of carboxylic acid groups (broad SMARTS) is 1. The fourth-order valence-electron chi connectivity index (χ4n) is 4.40. The van der Waals surface area contributed by atoms with E-state index in [1.807, 2.05) is 17.6 Å². The molecule has 4 aromatic rings. The van der Waals surface area contributed by atoms with Gasteiger partial charge >= 0.3 is 5.97 Å². The Labute approximate surface area is 194 Å². The predicted molar refractivity (Wildman–Crippen MR) is 125 cm³/mol. The normalized spacial score (nSPS) is 14.3. The molecule has 33 heavy (non-hydrogen) atoms. The number of hydrogen-bond acceptors (Lipinski definition) is 5. The van der Waals surface area contributed by atoms with E-state index in [1.165, 1.54) is 12.1 Å². The highest BCUT2D eigenvalue weighted by Gasteiger charge is 2.24. The van der Waals surface area contributed by atoms with Gasteiger partial charge < -0.3 is 14.7 Å². The van der Waals surface area contributed by atoms with Crippen molar-refractivity contribution in [2.24, 2.45) is 0 Å². The number of aryl methyl sites for hydroxylation is 1. The Morgan fingerprint density at radius 2 is 2.00 bits per heavy atom. The lowest BCUT2D eigenvalue weighted by atomic mass is 10.1. The van der Waals surface area contributed by atoms with Crippen LogP contribution in [-0.4, -0.2) is 51.9 Å². The zero-order chi connectivity index (χ0) is 23.1. The second-order valence-electron chi connectivity index (χ2n) is 7.96. The van der Waals surface area contributed by atoms with Crippen LogP contribution in [0.3, 0.4) is 0 Å². The van der Waals surface area contributed by atoms with E-state index in [1.54, 1.807) is 18.3 Å². The summed E-state index contributed by atoms with van der Waals surface area (Å²) in [5.74, 6) is -0.859. The van der Waals surface area contributed by atoms with Crippen molar-refractivity contribution in [3.8, 4) is 5.69 Å². The molecular formula is C24H22ClFN4O3. The van der Waals surface area contributed by atoms with Crippen molar-refractivity contribution in [2.75, 3.05) is 31.2 Å². The highest BCUT2D eigenvalue weighted by atomic mass is 35.5. The van der Waals surface area contributed by atoms with Gasteiger partial charge in [0.2, 0.25) is 0 Å². The number of aromatic carboxylic acids is 1. The van der Waals surface area contributed by atoms with Gasteiger partial charge in [0.1, 0.15) is 17.2 Å². The van der Waals surface area contributed by atoms with E-state index in [-0.39, 0.29) is 10.9 Å². The number of morpholine rings is 1. The lowest BCUT2D eigenvalue weighted by Crippen LogP contribution is -2.36. The Morgan fingerprint density at radius 3 is 2.73 bits per heavy atom. The van der Waals surface area contributed by atoms with Crippen LogP contribution in [0.5, 0.6) is 0 Å². The Hall–Kier alpha value is -3.23. The number of aromatic nitrogens is 3. The maximum absolute atomic E-state index is 15.1. The third-order valence-electron chi connectivity index (χ3n) is 5.91. The molecule has 2 aromatic heterocycles. The maximum atomic E-state index is 15.1. The Kier molecular flexibility index (Phi) is 5.64. The van der Waals surface area contributed by atoms with Crippen LogP contribution in [0.1, 0.15) is 29.5 Å². The number of halogens is 2. The molecule has 7 nitrogen and oxygen atoms in total. The minimum atomic E-state index is -1.06. The zero-order valence-electron chi connectivity index (χ0n) is 18.0. The molecule has 0 unspecified atom stereocenters. The van der Waals surface area contributed by atoms with Gasteiger partial charge in [0.15, 0.2) is 0 Å². The minimum Gasteiger partial charge on any atom is -0.478 e. The highest BCUT2D eigenvalue weighted by molar-refractivity contribution is 6.35. The topological polar surface area (TPSA) is 80.5 Å². The van der Waals surface area contributed by atoms with Crippen LogP contribution in [0, 0.1) is 5.82 Å². The lowest BCUT2D eigenvalue weighted by molar-refractivity contribution is 0.0699. The van der Waals surface area contributed by atoms with Crippen molar-refractivity contribution in [1.82, 2.24) is 14.5 Å². The van der Waals surface area contributed by atoms with E-state index in [2.05, 4.69) is 9.88 Å². The molecule has 0 aliphatic carbocycles. The summed E-state index contributed by atoms with van der Waals surface area (Å²) in [6.45, 7) is 4.47. The zero-order valence-corrected chi connectivity index (χ0v) is 18.8. The summed E-state index contributed by atoms with van der Waals surface area (Å²) in [5.41, 5.74) is 2.73. The van der Waals surface area contributed by atoms with E-state index >= 15 is 4.39 Å². The molecule has 0 saturated carbocycles. The number of nitrogens with zero attached hydrogens (tertiary/aromatic N) is 4. The molecule has 2 aromatic carbocycles. The van der Waals surface area contributed by atoms with Crippen LogP contribution >= 0.6 is 11.6 Å². The van der Waals surface area contributed by atoms with Gasteiger partial charge in [-0.15, -0.1) is 0 Å². The second-order valence-corrected chi connectivity index (χ2v) is 8.37. The second kappa shape index (κ2) is 8.61. The molecule has 9 heteroatoms. The molecule has 170 valence electrons. The van der Waals surface area contributed by atoms with Crippen molar-refractivity contribution < 1.29 is 19.0 Å². The Morgan fingerprint density at radius 1 is 1.21 bits per heavy atom. The van der Waals surface area contributed by atoms with Crippen molar-refractivity contribution in [3.63, 3.8) is 0 Å². The third-order valence-corrected chi connectivity index (χ3v) is 6.21. The quantitative estimate of drug-likeness (QED) is 0.451. The number of imidazole rings is 1. The predicted octanol–water partition coefficient (Wildman–Crippen LogP) is 4.85. The first kappa shape index (κ1) is 21.6. The average molecular weight is 469 g/mol. The fraction of sp³-hybridized carbons (Fsp3) is 0.292. The molecule has 0 bridgehead atoms. The first-order valence-electron chi connectivity index (χ1n) is 10.8. The van der Waals surface area contributed by atoms with Gasteiger partial charge in [0.25, 0.3) is 0 Å². The summed E-state index contributed by atoms with van der Waals surface area (Å²) in [6.07, 6.45) is 2.95. The summed E-state index contributed by atoms with van der Waals surface area (Å²) in [4.78, 5) is 23.3. The van der Waals surface area contributed by atoms with Gasteiger partial charge in [0.05, 0.1) is 45.9 Å². The minimum absolute atomic E-state index is 0.113. The van der Waals surface area contributed by atoms with Crippen molar-refractivity contribution in [3.05, 3.63) is 58.8 Å². The highest BCUT2D eigenvalue weighted by Crippen LogP contribution is 2.35. The number of anilines is 1. The Balaban J connectivity index is 1.86. The molecule has 0 radical (unpaired) electrons. The van der Waals surface area contributed by atoms with Crippen LogP contribution in [0.2, 0.25) is 5.02 Å². The number of carbonyl (C=O) groups is 1. The number of benzene rings is 2. The lowest BCUT2D eigenvalue weighted by Gasteiger charge is -2.29. The van der Waals surface area contributed by atoms with Gasteiger partial charge in [0, 0.05) is 31.4 Å². The van der Waals surface area contributed by atoms with E-state index in [4.69, 9.17) is 21.3 Å². The van der Waals surface area contributed by atoms with Crippen molar-refractivity contribution in [1.29, 1.82) is 0 Å². The first-order chi connectivity index (χ1) is 16.0. The molecular weight excluding hydrogens is 447 g/mol. The van der Waals surface area contributed by atoms with E-state index in [0.29, 0.717) is 65.8 Å². The van der Waals surface area contributed by atoms with E-state index < -0.39 is 11.8 Å². The van der Waals surface area contributed by atoms with Crippen molar-refractivity contribution >= 4 is 45.2 Å². The molecule has 5 rings (SSSR count).